The number of carboxylic acids is 1. The highest BCUT2D eigenvalue weighted by molar-refractivity contribution is 5.92. The van der Waals surface area contributed by atoms with Crippen LogP contribution in [0.1, 0.15) is 10.4 Å². The first-order valence-electron chi connectivity index (χ1n) is 5.99. The van der Waals surface area contributed by atoms with E-state index in [1.807, 2.05) is 7.05 Å². The van der Waals surface area contributed by atoms with Crippen molar-refractivity contribution < 1.29 is 14.3 Å². The van der Waals surface area contributed by atoms with Gasteiger partial charge in [-0.25, -0.2) is 13.9 Å². The summed E-state index contributed by atoms with van der Waals surface area (Å²) in [4.78, 5) is 13.1. The van der Waals surface area contributed by atoms with Gasteiger partial charge in [-0.15, -0.1) is 5.10 Å². The Hall–Kier alpha value is -2.02. The number of benzene rings is 1. The maximum atomic E-state index is 13.5. The quantitative estimate of drug-likeness (QED) is 0.889. The first-order valence-corrected chi connectivity index (χ1v) is 5.99. The lowest BCUT2D eigenvalue weighted by atomic mass is 10.0. The number of aromatic nitrogens is 3. The molecular weight excluding hydrogens is 251 g/mol. The van der Waals surface area contributed by atoms with Gasteiger partial charge in [0, 0.05) is 31.6 Å². The lowest BCUT2D eigenvalue weighted by molar-refractivity contribution is 0.0692. The van der Waals surface area contributed by atoms with Crippen LogP contribution in [0.25, 0.3) is 11.0 Å². The largest absolute Gasteiger partial charge is 0.478 e. The fourth-order valence-electron chi connectivity index (χ4n) is 2.48. The van der Waals surface area contributed by atoms with Gasteiger partial charge in [0.15, 0.2) is 0 Å². The van der Waals surface area contributed by atoms with E-state index in [9.17, 15) is 9.18 Å². The summed E-state index contributed by atoms with van der Waals surface area (Å²) in [5.41, 5.74) is 0.602. The van der Waals surface area contributed by atoms with Crippen molar-refractivity contribution in [3.8, 4) is 0 Å². The number of halogens is 1. The Morgan fingerprint density at radius 2 is 2.26 bits per heavy atom. The summed E-state index contributed by atoms with van der Waals surface area (Å²) in [6, 6.07) is 2.42. The second-order valence-corrected chi connectivity index (χ2v) is 4.98. The third-order valence-corrected chi connectivity index (χ3v) is 3.40. The second-order valence-electron chi connectivity index (χ2n) is 4.98. The van der Waals surface area contributed by atoms with Crippen LogP contribution in [0.5, 0.6) is 0 Å². The fourth-order valence-corrected chi connectivity index (χ4v) is 2.48. The van der Waals surface area contributed by atoms with Crippen molar-refractivity contribution >= 4 is 17.0 Å². The van der Waals surface area contributed by atoms with Gasteiger partial charge in [0.2, 0.25) is 0 Å². The van der Waals surface area contributed by atoms with Gasteiger partial charge >= 0.3 is 5.97 Å². The topological polar surface area (TPSA) is 71.2 Å². The molecule has 3 rings (SSSR count). The van der Waals surface area contributed by atoms with Gasteiger partial charge in [-0.3, -0.25) is 0 Å². The number of rotatable bonds is 3. The molecule has 1 aliphatic rings. The number of likely N-dealkylation sites (tertiary alicyclic amines) is 1. The molecule has 19 heavy (non-hydrogen) atoms. The predicted molar refractivity (Wildman–Crippen MR) is 65.4 cm³/mol. The Morgan fingerprint density at radius 3 is 2.89 bits per heavy atom. The molecule has 2 aromatic rings. The zero-order chi connectivity index (χ0) is 13.6. The number of hydrogen-bond donors (Lipinski definition) is 1. The smallest absolute Gasteiger partial charge is 0.338 e. The van der Waals surface area contributed by atoms with Crippen molar-refractivity contribution in [1.82, 2.24) is 19.9 Å². The van der Waals surface area contributed by atoms with E-state index in [-0.39, 0.29) is 5.56 Å². The van der Waals surface area contributed by atoms with Gasteiger partial charge in [0.1, 0.15) is 11.3 Å². The highest BCUT2D eigenvalue weighted by atomic mass is 19.1. The van der Waals surface area contributed by atoms with Crippen LogP contribution in [0.4, 0.5) is 4.39 Å². The monoisotopic (exact) mass is 264 g/mol. The minimum atomic E-state index is -1.28. The van der Waals surface area contributed by atoms with Crippen LogP contribution in [0.2, 0.25) is 0 Å². The van der Waals surface area contributed by atoms with Crippen LogP contribution in [0.3, 0.4) is 0 Å². The Kier molecular flexibility index (Phi) is 2.70. The molecule has 7 heteroatoms. The first kappa shape index (κ1) is 12.0. The molecule has 0 atom stereocenters. The maximum absolute atomic E-state index is 13.5. The third kappa shape index (κ3) is 2.06. The molecule has 1 fully saturated rings. The van der Waals surface area contributed by atoms with Crippen molar-refractivity contribution in [3.05, 3.63) is 23.5 Å². The van der Waals surface area contributed by atoms with Crippen LogP contribution >= 0.6 is 0 Å². The van der Waals surface area contributed by atoms with Crippen LogP contribution in [-0.2, 0) is 6.54 Å². The maximum Gasteiger partial charge on any atom is 0.338 e. The van der Waals surface area contributed by atoms with Gasteiger partial charge in [-0.05, 0) is 13.1 Å². The number of nitrogens with zero attached hydrogens (tertiary/aromatic N) is 4. The molecule has 1 N–H and O–H groups in total. The minimum absolute atomic E-state index is 0.346. The molecule has 0 saturated carbocycles. The number of carboxylic acid groups (broad SMARTS) is 1. The average Bonchev–Trinajstić information content (AvgIpc) is 2.68. The summed E-state index contributed by atoms with van der Waals surface area (Å²) in [6.07, 6.45) is 0. The predicted octanol–water partition coefficient (Wildman–Crippen LogP) is 0.830. The fraction of sp³-hybridized carbons (Fsp3) is 0.417. The molecule has 0 radical (unpaired) electrons. The highest BCUT2D eigenvalue weighted by Gasteiger charge is 2.25. The molecule has 1 aliphatic heterocycles. The molecule has 6 nitrogen and oxygen atoms in total. The SMILES string of the molecule is CN1CC(Cn2nnc3cc(F)c(C(=O)O)cc32)C1. The lowest BCUT2D eigenvalue weighted by Gasteiger charge is -2.35. The van der Waals surface area contributed by atoms with Crippen LogP contribution in [-0.4, -0.2) is 51.1 Å². The Morgan fingerprint density at radius 1 is 1.53 bits per heavy atom. The number of carbonyl (C=O) groups is 1. The molecule has 1 saturated heterocycles. The van der Waals surface area contributed by atoms with Crippen molar-refractivity contribution in [1.29, 1.82) is 0 Å². The van der Waals surface area contributed by atoms with Gasteiger partial charge < -0.3 is 10.0 Å². The van der Waals surface area contributed by atoms with E-state index in [2.05, 4.69) is 15.2 Å². The number of hydrogen-bond acceptors (Lipinski definition) is 4. The molecule has 0 amide bonds. The molecule has 1 aromatic carbocycles. The standard InChI is InChI=1S/C12H13FN4O2/c1-16-4-7(5-16)6-17-11-2-8(12(18)19)9(13)3-10(11)14-15-17/h2-3,7H,4-6H2,1H3,(H,18,19). The Bertz CT molecular complexity index is 648. The van der Waals surface area contributed by atoms with Crippen molar-refractivity contribution in [2.24, 2.45) is 5.92 Å². The molecule has 1 aromatic heterocycles. The first-order chi connectivity index (χ1) is 9.04. The summed E-state index contributed by atoms with van der Waals surface area (Å²) in [7, 11) is 2.04. The van der Waals surface area contributed by atoms with E-state index in [1.54, 1.807) is 4.68 Å². The molecule has 2 heterocycles. The van der Waals surface area contributed by atoms with E-state index in [1.165, 1.54) is 6.07 Å². The summed E-state index contributed by atoms with van der Waals surface area (Å²) in [6.45, 7) is 2.63. The van der Waals surface area contributed by atoms with E-state index >= 15 is 0 Å². The van der Waals surface area contributed by atoms with Gasteiger partial charge in [-0.1, -0.05) is 5.21 Å². The second kappa shape index (κ2) is 4.27. The Labute approximate surface area is 108 Å². The summed E-state index contributed by atoms with van der Waals surface area (Å²) < 4.78 is 15.2. The molecule has 100 valence electrons. The van der Waals surface area contributed by atoms with Crippen LogP contribution in [0, 0.1) is 11.7 Å². The summed E-state index contributed by atoms with van der Waals surface area (Å²) in [5.74, 6) is -1.58. The van der Waals surface area contributed by atoms with Crippen LogP contribution in [0.15, 0.2) is 12.1 Å². The van der Waals surface area contributed by atoms with Gasteiger partial charge in [0.05, 0.1) is 11.1 Å². The van der Waals surface area contributed by atoms with Crippen molar-refractivity contribution in [2.75, 3.05) is 20.1 Å². The van der Waals surface area contributed by atoms with E-state index < -0.39 is 11.8 Å². The van der Waals surface area contributed by atoms with E-state index in [4.69, 9.17) is 5.11 Å². The van der Waals surface area contributed by atoms with Gasteiger partial charge in [0.25, 0.3) is 0 Å². The van der Waals surface area contributed by atoms with Crippen molar-refractivity contribution in [2.45, 2.75) is 6.54 Å². The third-order valence-electron chi connectivity index (χ3n) is 3.40. The molecule has 0 aliphatic carbocycles. The van der Waals surface area contributed by atoms with Crippen LogP contribution < -0.4 is 0 Å². The molecule has 0 spiro atoms. The number of fused-ring (bicyclic) bond motifs is 1. The zero-order valence-electron chi connectivity index (χ0n) is 10.4. The van der Waals surface area contributed by atoms with E-state index in [0.717, 1.165) is 19.2 Å². The zero-order valence-corrected chi connectivity index (χ0v) is 10.4. The average molecular weight is 264 g/mol. The van der Waals surface area contributed by atoms with E-state index in [0.29, 0.717) is 23.5 Å². The lowest BCUT2D eigenvalue weighted by Crippen LogP contribution is -2.45. The van der Waals surface area contributed by atoms with Crippen molar-refractivity contribution in [3.63, 3.8) is 0 Å². The number of aromatic carboxylic acids is 1. The normalized spacial score (nSPS) is 16.7. The molecular formula is C12H13FN4O2. The summed E-state index contributed by atoms with van der Waals surface area (Å²) >= 11 is 0. The highest BCUT2D eigenvalue weighted by Crippen LogP contribution is 2.21. The van der Waals surface area contributed by atoms with Gasteiger partial charge in [-0.2, -0.15) is 0 Å². The molecule has 0 bridgehead atoms. The summed E-state index contributed by atoms with van der Waals surface area (Å²) in [5, 5.41) is 16.8. The minimum Gasteiger partial charge on any atom is -0.478 e. The molecule has 0 unspecified atom stereocenters. The Balaban J connectivity index is 1.97.